The number of hydrogen-bond donors (Lipinski definition) is 2. The van der Waals surface area contributed by atoms with Gasteiger partial charge in [-0.1, -0.05) is 53.5 Å². The molecule has 3 rings (SSSR count). The molecule has 32 heavy (non-hydrogen) atoms. The Morgan fingerprint density at radius 3 is 2.22 bits per heavy atom. The van der Waals surface area contributed by atoms with E-state index in [-0.39, 0.29) is 11.5 Å². The van der Waals surface area contributed by atoms with Crippen LogP contribution in [0.2, 0.25) is 0 Å². The molecule has 0 spiro atoms. The highest BCUT2D eigenvalue weighted by Crippen LogP contribution is 2.16. The van der Waals surface area contributed by atoms with E-state index >= 15 is 0 Å². The van der Waals surface area contributed by atoms with Gasteiger partial charge in [0.05, 0.1) is 0 Å². The van der Waals surface area contributed by atoms with Crippen LogP contribution in [-0.2, 0) is 11.2 Å². The summed E-state index contributed by atoms with van der Waals surface area (Å²) in [5, 5.41) is 5.47. The molecular weight excluding hydrogens is 471 g/mol. The molecule has 0 aliphatic carbocycles. The van der Waals surface area contributed by atoms with Crippen molar-refractivity contribution in [2.24, 2.45) is 0 Å². The van der Waals surface area contributed by atoms with Gasteiger partial charge < -0.3 is 10.6 Å². The standard InChI is InChI=1S/C26H24BrFN2O2/c1-2-3-4-18-5-9-20(10-6-18)25(31)30-24(17-19-7-13-22(28)14-8-19)26(32)29-23-15-11-21(27)12-16-23/h5-17H,2-4H2,1H3,(H,29,32)(H,30,31)/b24-17-. The summed E-state index contributed by atoms with van der Waals surface area (Å²) in [5.74, 6) is -1.26. The molecule has 0 aromatic heterocycles. The number of hydrogen-bond acceptors (Lipinski definition) is 2. The molecule has 0 heterocycles. The molecule has 0 saturated heterocycles. The quantitative estimate of drug-likeness (QED) is 0.359. The van der Waals surface area contributed by atoms with Gasteiger partial charge in [-0.2, -0.15) is 0 Å². The van der Waals surface area contributed by atoms with E-state index in [2.05, 4.69) is 33.5 Å². The monoisotopic (exact) mass is 494 g/mol. The molecule has 4 nitrogen and oxygen atoms in total. The second kappa shape index (κ2) is 11.4. The van der Waals surface area contributed by atoms with E-state index in [1.54, 1.807) is 36.4 Å². The summed E-state index contributed by atoms with van der Waals surface area (Å²) in [6.45, 7) is 2.14. The Morgan fingerprint density at radius 1 is 0.938 bits per heavy atom. The third-order valence-electron chi connectivity index (χ3n) is 4.81. The Kier molecular flexibility index (Phi) is 8.34. The van der Waals surface area contributed by atoms with E-state index in [1.807, 2.05) is 12.1 Å². The predicted molar refractivity (Wildman–Crippen MR) is 130 cm³/mol. The van der Waals surface area contributed by atoms with Crippen molar-refractivity contribution in [2.75, 3.05) is 5.32 Å². The molecule has 0 atom stereocenters. The molecule has 0 radical (unpaired) electrons. The lowest BCUT2D eigenvalue weighted by atomic mass is 10.1. The van der Waals surface area contributed by atoms with Gasteiger partial charge in [-0.05, 0) is 78.6 Å². The third kappa shape index (κ3) is 6.89. The molecule has 2 N–H and O–H groups in total. The van der Waals surface area contributed by atoms with Gasteiger partial charge in [-0.25, -0.2) is 4.39 Å². The van der Waals surface area contributed by atoms with Gasteiger partial charge in [0.15, 0.2) is 0 Å². The van der Waals surface area contributed by atoms with Crippen molar-refractivity contribution in [3.8, 4) is 0 Å². The van der Waals surface area contributed by atoms with Gasteiger partial charge >= 0.3 is 0 Å². The van der Waals surface area contributed by atoms with Gasteiger partial charge in [0, 0.05) is 15.7 Å². The van der Waals surface area contributed by atoms with Crippen molar-refractivity contribution < 1.29 is 14.0 Å². The molecule has 0 fully saturated rings. The first-order valence-electron chi connectivity index (χ1n) is 10.4. The van der Waals surface area contributed by atoms with Crippen LogP contribution in [0.1, 0.15) is 41.3 Å². The Morgan fingerprint density at radius 2 is 1.59 bits per heavy atom. The molecule has 0 saturated carbocycles. The van der Waals surface area contributed by atoms with Crippen LogP contribution in [0.25, 0.3) is 6.08 Å². The van der Waals surface area contributed by atoms with Crippen LogP contribution in [0.5, 0.6) is 0 Å². The van der Waals surface area contributed by atoms with Crippen LogP contribution < -0.4 is 10.6 Å². The minimum absolute atomic E-state index is 0.0552. The maximum absolute atomic E-state index is 13.3. The molecule has 164 valence electrons. The number of carbonyl (C=O) groups is 2. The first kappa shape index (κ1) is 23.4. The fraction of sp³-hybridized carbons (Fsp3) is 0.154. The number of anilines is 1. The SMILES string of the molecule is CCCCc1ccc(C(=O)N/C(=C\c2ccc(F)cc2)C(=O)Nc2ccc(Br)cc2)cc1. The number of amides is 2. The number of rotatable bonds is 8. The Balaban J connectivity index is 1.81. The van der Waals surface area contributed by atoms with Gasteiger partial charge in [0.2, 0.25) is 0 Å². The summed E-state index contributed by atoms with van der Waals surface area (Å²) in [5.41, 5.74) is 2.84. The first-order chi connectivity index (χ1) is 15.4. The van der Waals surface area contributed by atoms with Crippen LogP contribution >= 0.6 is 15.9 Å². The first-order valence-corrected chi connectivity index (χ1v) is 11.2. The number of nitrogens with one attached hydrogen (secondary N) is 2. The number of carbonyl (C=O) groups excluding carboxylic acids is 2. The van der Waals surface area contributed by atoms with Crippen molar-refractivity contribution in [3.63, 3.8) is 0 Å². The average molecular weight is 495 g/mol. The second-order valence-electron chi connectivity index (χ2n) is 7.33. The van der Waals surface area contributed by atoms with Gasteiger partial charge in [0.1, 0.15) is 11.5 Å². The van der Waals surface area contributed by atoms with Crippen LogP contribution in [-0.4, -0.2) is 11.8 Å². The number of unbranched alkanes of at least 4 members (excludes halogenated alkanes) is 1. The van der Waals surface area contributed by atoms with Crippen LogP contribution in [0, 0.1) is 5.82 Å². The average Bonchev–Trinajstić information content (AvgIpc) is 2.80. The van der Waals surface area contributed by atoms with Crippen molar-refractivity contribution in [1.29, 1.82) is 0 Å². The fourth-order valence-electron chi connectivity index (χ4n) is 3.01. The minimum atomic E-state index is -0.482. The molecule has 0 bridgehead atoms. The third-order valence-corrected chi connectivity index (χ3v) is 5.34. The zero-order valence-electron chi connectivity index (χ0n) is 17.7. The van der Waals surface area contributed by atoms with Gasteiger partial charge in [0.25, 0.3) is 11.8 Å². The number of benzene rings is 3. The molecule has 3 aromatic rings. The summed E-state index contributed by atoms with van der Waals surface area (Å²) < 4.78 is 14.2. The summed E-state index contributed by atoms with van der Waals surface area (Å²) in [6.07, 6.45) is 4.67. The second-order valence-corrected chi connectivity index (χ2v) is 8.24. The van der Waals surface area contributed by atoms with Crippen LogP contribution in [0.4, 0.5) is 10.1 Å². The normalized spacial score (nSPS) is 11.2. The predicted octanol–water partition coefficient (Wildman–Crippen LogP) is 6.34. The molecular formula is C26H24BrFN2O2. The van der Waals surface area contributed by atoms with Crippen molar-refractivity contribution >= 4 is 39.5 Å². The molecule has 6 heteroatoms. The Labute approximate surface area is 195 Å². The molecule has 0 unspecified atom stereocenters. The Hall–Kier alpha value is -3.25. The van der Waals surface area contributed by atoms with Crippen molar-refractivity contribution in [3.05, 3.63) is 105 Å². The maximum Gasteiger partial charge on any atom is 0.272 e. The lowest BCUT2D eigenvalue weighted by Crippen LogP contribution is -2.30. The lowest BCUT2D eigenvalue weighted by Gasteiger charge is -2.12. The van der Waals surface area contributed by atoms with Crippen LogP contribution in [0.3, 0.4) is 0 Å². The fourth-order valence-corrected chi connectivity index (χ4v) is 3.28. The smallest absolute Gasteiger partial charge is 0.272 e. The number of aryl methyl sites for hydroxylation is 1. The summed E-state index contributed by atoms with van der Waals surface area (Å²) in [4.78, 5) is 25.8. The zero-order valence-corrected chi connectivity index (χ0v) is 19.3. The van der Waals surface area contributed by atoms with E-state index in [0.29, 0.717) is 16.8 Å². The maximum atomic E-state index is 13.3. The van der Waals surface area contributed by atoms with E-state index < -0.39 is 11.8 Å². The molecule has 2 amide bonds. The zero-order chi connectivity index (χ0) is 22.9. The highest BCUT2D eigenvalue weighted by molar-refractivity contribution is 9.10. The topological polar surface area (TPSA) is 58.2 Å². The van der Waals surface area contributed by atoms with E-state index in [1.165, 1.54) is 35.9 Å². The number of halogens is 2. The van der Waals surface area contributed by atoms with E-state index in [0.717, 1.165) is 23.7 Å². The van der Waals surface area contributed by atoms with Crippen molar-refractivity contribution in [1.82, 2.24) is 5.32 Å². The van der Waals surface area contributed by atoms with Crippen LogP contribution in [0.15, 0.2) is 83.0 Å². The van der Waals surface area contributed by atoms with E-state index in [9.17, 15) is 14.0 Å². The Bertz CT molecular complexity index is 1090. The van der Waals surface area contributed by atoms with Gasteiger partial charge in [-0.15, -0.1) is 0 Å². The highest BCUT2D eigenvalue weighted by Gasteiger charge is 2.15. The largest absolute Gasteiger partial charge is 0.321 e. The van der Waals surface area contributed by atoms with E-state index in [4.69, 9.17) is 0 Å². The summed E-state index contributed by atoms with van der Waals surface area (Å²) in [6, 6.07) is 20.1. The van der Waals surface area contributed by atoms with Crippen molar-refractivity contribution in [2.45, 2.75) is 26.2 Å². The molecule has 0 aliphatic heterocycles. The van der Waals surface area contributed by atoms with Gasteiger partial charge in [-0.3, -0.25) is 9.59 Å². The molecule has 0 aliphatic rings. The minimum Gasteiger partial charge on any atom is -0.321 e. The molecule has 3 aromatic carbocycles. The summed E-state index contributed by atoms with van der Waals surface area (Å²) >= 11 is 3.36. The lowest BCUT2D eigenvalue weighted by molar-refractivity contribution is -0.113. The summed E-state index contributed by atoms with van der Waals surface area (Å²) in [7, 11) is 0. The highest BCUT2D eigenvalue weighted by atomic mass is 79.9.